The van der Waals surface area contributed by atoms with Crippen LogP contribution in [0.15, 0.2) is 42.9 Å². The van der Waals surface area contributed by atoms with Gasteiger partial charge in [0.25, 0.3) is 0 Å². The second kappa shape index (κ2) is 8.07. The molecule has 6 heteroatoms. The predicted octanol–water partition coefficient (Wildman–Crippen LogP) is 2.54. The molecule has 0 radical (unpaired) electrons. The van der Waals surface area contributed by atoms with E-state index in [1.54, 1.807) is 12.4 Å². The number of hydrogen-bond donors (Lipinski definition) is 1. The topological polar surface area (TPSA) is 61.4 Å². The monoisotopic (exact) mass is 339 g/mol. The van der Waals surface area contributed by atoms with Crippen molar-refractivity contribution in [2.24, 2.45) is 0 Å². The van der Waals surface area contributed by atoms with Gasteiger partial charge in [0, 0.05) is 33.0 Å². The highest BCUT2D eigenvalue weighted by atomic mass is 16.2. The second-order valence-electron chi connectivity index (χ2n) is 6.63. The summed E-state index contributed by atoms with van der Waals surface area (Å²) in [6, 6.07) is 7.67. The van der Waals surface area contributed by atoms with E-state index in [4.69, 9.17) is 0 Å². The van der Waals surface area contributed by atoms with Gasteiger partial charge in [-0.1, -0.05) is 12.5 Å². The lowest BCUT2D eigenvalue weighted by Gasteiger charge is -2.34. The zero-order chi connectivity index (χ0) is 17.6. The van der Waals surface area contributed by atoms with E-state index in [9.17, 15) is 4.79 Å². The molecule has 0 saturated carbocycles. The maximum Gasteiger partial charge on any atom is 0.242 e. The summed E-state index contributed by atoms with van der Waals surface area (Å²) in [7, 11) is 3.93. The van der Waals surface area contributed by atoms with Crippen LogP contribution in [-0.4, -0.2) is 47.5 Å². The SMILES string of the molecule is CN(C)c1ccc(NC(=O)[C@@H]2CCCCN2Cc2cccnc2)nc1. The first-order valence-electron chi connectivity index (χ1n) is 8.70. The van der Waals surface area contributed by atoms with Crippen molar-refractivity contribution < 1.29 is 4.79 Å². The summed E-state index contributed by atoms with van der Waals surface area (Å²) >= 11 is 0. The number of nitrogens with zero attached hydrogens (tertiary/aromatic N) is 4. The van der Waals surface area contributed by atoms with Gasteiger partial charge in [0.05, 0.1) is 17.9 Å². The number of carbonyl (C=O) groups excluding carboxylic acids is 1. The summed E-state index contributed by atoms with van der Waals surface area (Å²) in [5.41, 5.74) is 2.14. The Labute approximate surface area is 148 Å². The predicted molar refractivity (Wildman–Crippen MR) is 99.5 cm³/mol. The van der Waals surface area contributed by atoms with Gasteiger partial charge in [0.1, 0.15) is 5.82 Å². The summed E-state index contributed by atoms with van der Waals surface area (Å²) in [5.74, 6) is 0.621. The van der Waals surface area contributed by atoms with Crippen molar-refractivity contribution in [1.29, 1.82) is 0 Å². The number of piperidine rings is 1. The molecule has 6 nitrogen and oxygen atoms in total. The quantitative estimate of drug-likeness (QED) is 0.907. The number of nitrogens with one attached hydrogen (secondary N) is 1. The normalized spacial score (nSPS) is 17.9. The van der Waals surface area contributed by atoms with Crippen LogP contribution in [0, 0.1) is 0 Å². The van der Waals surface area contributed by atoms with Crippen LogP contribution in [0.25, 0.3) is 0 Å². The number of pyridine rings is 2. The summed E-state index contributed by atoms with van der Waals surface area (Å²) in [5, 5.41) is 2.97. The molecule has 25 heavy (non-hydrogen) atoms. The van der Waals surface area contributed by atoms with Crippen molar-refractivity contribution in [3.05, 3.63) is 48.4 Å². The van der Waals surface area contributed by atoms with Gasteiger partial charge in [-0.25, -0.2) is 4.98 Å². The molecule has 132 valence electrons. The van der Waals surface area contributed by atoms with Crippen LogP contribution in [0.4, 0.5) is 11.5 Å². The molecule has 1 amide bonds. The standard InChI is InChI=1S/C19H25N5O/c1-23(2)16-8-9-18(21-13-16)22-19(25)17-7-3-4-11-24(17)14-15-6-5-10-20-12-15/h5-6,8-10,12-13,17H,3-4,7,11,14H2,1-2H3,(H,21,22,25)/t17-/m0/s1. The molecule has 0 aliphatic carbocycles. The molecule has 1 atom stereocenters. The van der Waals surface area contributed by atoms with Crippen molar-refractivity contribution in [3.8, 4) is 0 Å². The Morgan fingerprint density at radius 2 is 2.16 bits per heavy atom. The minimum Gasteiger partial charge on any atom is -0.376 e. The Balaban J connectivity index is 1.66. The number of aromatic nitrogens is 2. The summed E-state index contributed by atoms with van der Waals surface area (Å²) in [6.45, 7) is 1.68. The van der Waals surface area contributed by atoms with Gasteiger partial charge in [-0.2, -0.15) is 0 Å². The number of amides is 1. The minimum atomic E-state index is -0.121. The van der Waals surface area contributed by atoms with E-state index in [1.807, 2.05) is 43.4 Å². The molecule has 2 aromatic rings. The van der Waals surface area contributed by atoms with Gasteiger partial charge in [0.15, 0.2) is 0 Å². The lowest BCUT2D eigenvalue weighted by atomic mass is 10.0. The van der Waals surface area contributed by atoms with Crippen molar-refractivity contribution in [3.63, 3.8) is 0 Å². The van der Waals surface area contributed by atoms with Gasteiger partial charge in [0.2, 0.25) is 5.91 Å². The zero-order valence-corrected chi connectivity index (χ0v) is 14.9. The highest BCUT2D eigenvalue weighted by Gasteiger charge is 2.28. The highest BCUT2D eigenvalue weighted by molar-refractivity contribution is 5.94. The van der Waals surface area contributed by atoms with Crippen LogP contribution < -0.4 is 10.2 Å². The van der Waals surface area contributed by atoms with Crippen LogP contribution in [-0.2, 0) is 11.3 Å². The van der Waals surface area contributed by atoms with E-state index in [1.165, 1.54) is 0 Å². The lowest BCUT2D eigenvalue weighted by molar-refractivity contribution is -0.122. The molecular weight excluding hydrogens is 314 g/mol. The number of rotatable bonds is 5. The maximum atomic E-state index is 12.8. The molecule has 1 fully saturated rings. The van der Waals surface area contributed by atoms with Crippen LogP contribution in [0.2, 0.25) is 0 Å². The Hall–Kier alpha value is -2.47. The lowest BCUT2D eigenvalue weighted by Crippen LogP contribution is -2.46. The molecule has 1 aliphatic heterocycles. The van der Waals surface area contributed by atoms with E-state index < -0.39 is 0 Å². The van der Waals surface area contributed by atoms with Crippen LogP contribution in [0.1, 0.15) is 24.8 Å². The molecule has 3 rings (SSSR count). The fraction of sp³-hybridized carbons (Fsp3) is 0.421. The first kappa shape index (κ1) is 17.4. The van der Waals surface area contributed by atoms with Crippen molar-refractivity contribution in [1.82, 2.24) is 14.9 Å². The number of anilines is 2. The van der Waals surface area contributed by atoms with Crippen LogP contribution in [0.5, 0.6) is 0 Å². The van der Waals surface area contributed by atoms with Crippen molar-refractivity contribution in [2.45, 2.75) is 31.8 Å². The number of carbonyl (C=O) groups is 1. The molecule has 1 aliphatic rings. The molecule has 0 aromatic carbocycles. The minimum absolute atomic E-state index is 0.0219. The zero-order valence-electron chi connectivity index (χ0n) is 14.9. The molecule has 1 saturated heterocycles. The van der Waals surface area contributed by atoms with Crippen molar-refractivity contribution >= 4 is 17.4 Å². The van der Waals surface area contributed by atoms with Crippen molar-refractivity contribution in [2.75, 3.05) is 30.9 Å². The molecule has 3 heterocycles. The third kappa shape index (κ3) is 4.54. The summed E-state index contributed by atoms with van der Waals surface area (Å²) in [4.78, 5) is 25.5. The van der Waals surface area contributed by atoms with Gasteiger partial charge in [-0.3, -0.25) is 14.7 Å². The highest BCUT2D eigenvalue weighted by Crippen LogP contribution is 2.21. The first-order valence-corrected chi connectivity index (χ1v) is 8.70. The molecule has 0 bridgehead atoms. The van der Waals surface area contributed by atoms with Gasteiger partial charge < -0.3 is 10.2 Å². The average molecular weight is 339 g/mol. The first-order chi connectivity index (χ1) is 12.1. The van der Waals surface area contributed by atoms with E-state index in [0.717, 1.165) is 43.6 Å². The van der Waals surface area contributed by atoms with Gasteiger partial charge in [-0.05, 0) is 43.1 Å². The number of hydrogen-bond acceptors (Lipinski definition) is 5. The van der Waals surface area contributed by atoms with Gasteiger partial charge >= 0.3 is 0 Å². The average Bonchev–Trinajstić information content (AvgIpc) is 2.63. The Morgan fingerprint density at radius 3 is 2.84 bits per heavy atom. The molecule has 0 unspecified atom stereocenters. The fourth-order valence-electron chi connectivity index (χ4n) is 3.14. The summed E-state index contributed by atoms with van der Waals surface area (Å²) in [6.07, 6.45) is 8.48. The Kier molecular flexibility index (Phi) is 5.60. The Morgan fingerprint density at radius 1 is 1.28 bits per heavy atom. The fourth-order valence-corrected chi connectivity index (χ4v) is 3.14. The van der Waals surface area contributed by atoms with Crippen LogP contribution >= 0.6 is 0 Å². The van der Waals surface area contributed by atoms with E-state index >= 15 is 0 Å². The van der Waals surface area contributed by atoms with Crippen LogP contribution in [0.3, 0.4) is 0 Å². The maximum absolute atomic E-state index is 12.8. The molecular formula is C19H25N5O. The Bertz CT molecular complexity index is 687. The third-order valence-corrected chi connectivity index (χ3v) is 4.54. The number of likely N-dealkylation sites (tertiary alicyclic amines) is 1. The van der Waals surface area contributed by atoms with E-state index in [0.29, 0.717) is 5.82 Å². The third-order valence-electron chi connectivity index (χ3n) is 4.54. The molecule has 2 aromatic heterocycles. The van der Waals surface area contributed by atoms with Gasteiger partial charge in [-0.15, -0.1) is 0 Å². The second-order valence-corrected chi connectivity index (χ2v) is 6.63. The van der Waals surface area contributed by atoms with E-state index in [2.05, 4.69) is 26.3 Å². The summed E-state index contributed by atoms with van der Waals surface area (Å²) < 4.78 is 0. The van der Waals surface area contributed by atoms with E-state index in [-0.39, 0.29) is 11.9 Å². The largest absolute Gasteiger partial charge is 0.376 e. The smallest absolute Gasteiger partial charge is 0.242 e. The molecule has 1 N–H and O–H groups in total. The molecule has 0 spiro atoms.